The molecule has 7 aromatic carbocycles. The van der Waals surface area contributed by atoms with Gasteiger partial charge < -0.3 is 9.13 Å². The molecule has 0 N–H and O–H groups in total. The monoisotopic (exact) mass is 809 g/mol. The van der Waals surface area contributed by atoms with Gasteiger partial charge in [0.15, 0.2) is 17.5 Å². The number of para-hydroxylation sites is 3. The molecule has 3 heterocycles. The van der Waals surface area contributed by atoms with E-state index in [2.05, 4.69) is 146 Å². The van der Waals surface area contributed by atoms with Crippen molar-refractivity contribution in [2.75, 3.05) is 0 Å². The average molecular weight is 811 g/mol. The van der Waals surface area contributed by atoms with E-state index in [0.717, 1.165) is 62.9 Å². The standard InChI is InChI=1S/C52H36BrN5/c53-39-29-36(28-38(30-39)52-55-50(34-16-4-1-5-17-34)54-51(56-52)35-18-6-2-7-19-35)37-31-40(57-46-24-9-3-8-20-42(46)43-21-10-13-25-47(43)57)33-41(32-37)58-48-26-14-11-22-44(48)45-23-12-15-27-49(45)58/h1-2,4-7,10-33H,3,8-9H2. The fourth-order valence-corrected chi connectivity index (χ4v) is 9.12. The van der Waals surface area contributed by atoms with Crippen molar-refractivity contribution in [1.29, 1.82) is 0 Å². The third kappa shape index (κ3) is 5.96. The quantitative estimate of drug-likeness (QED) is 0.168. The molecule has 0 radical (unpaired) electrons. The zero-order valence-corrected chi connectivity index (χ0v) is 33.1. The number of hydrogen-bond donors (Lipinski definition) is 0. The second-order valence-electron chi connectivity index (χ2n) is 14.9. The van der Waals surface area contributed by atoms with Gasteiger partial charge in [0.2, 0.25) is 0 Å². The molecule has 1 aliphatic rings. The Hall–Kier alpha value is -6.89. The highest BCUT2D eigenvalue weighted by Crippen LogP contribution is 2.37. The molecular weight excluding hydrogens is 775 g/mol. The summed E-state index contributed by atoms with van der Waals surface area (Å²) in [6, 6.07) is 60.1. The van der Waals surface area contributed by atoms with Crippen molar-refractivity contribution in [3.8, 4) is 56.7 Å². The van der Waals surface area contributed by atoms with Crippen molar-refractivity contribution in [1.82, 2.24) is 24.1 Å². The van der Waals surface area contributed by atoms with Crippen LogP contribution in [0, 0.1) is 0 Å². The normalized spacial score (nSPS) is 12.6. The van der Waals surface area contributed by atoms with E-state index in [-0.39, 0.29) is 0 Å². The van der Waals surface area contributed by atoms with Crippen LogP contribution in [0.2, 0.25) is 0 Å². The Bertz CT molecular complexity index is 3220. The first-order valence-corrected chi connectivity index (χ1v) is 20.6. The van der Waals surface area contributed by atoms with Crippen LogP contribution in [0.5, 0.6) is 0 Å². The maximum Gasteiger partial charge on any atom is 0.164 e. The lowest BCUT2D eigenvalue weighted by atomic mass is 10.0. The van der Waals surface area contributed by atoms with Gasteiger partial charge in [-0.05, 0) is 85.0 Å². The SMILES string of the molecule is Brc1cc(-c2cc(-n3c4c(c5ccccc53)=CCCCC=4)cc(-n3c4ccccc4c4ccccc43)c2)cc(-c2nc(-c3ccccc3)nc(-c3ccccc3)n2)c1. The first kappa shape index (κ1) is 34.4. The lowest BCUT2D eigenvalue weighted by Gasteiger charge is -2.16. The van der Waals surface area contributed by atoms with E-state index in [1.165, 1.54) is 43.3 Å². The van der Waals surface area contributed by atoms with Gasteiger partial charge in [-0.2, -0.15) is 0 Å². The molecule has 0 amide bonds. The minimum absolute atomic E-state index is 0.612. The highest BCUT2D eigenvalue weighted by molar-refractivity contribution is 9.10. The van der Waals surface area contributed by atoms with Gasteiger partial charge in [0, 0.05) is 59.3 Å². The third-order valence-corrected chi connectivity index (χ3v) is 11.7. The number of halogens is 1. The summed E-state index contributed by atoms with van der Waals surface area (Å²) < 4.78 is 5.83. The van der Waals surface area contributed by atoms with Crippen molar-refractivity contribution in [3.05, 3.63) is 185 Å². The second kappa shape index (κ2) is 14.2. The van der Waals surface area contributed by atoms with Gasteiger partial charge in [-0.1, -0.05) is 143 Å². The van der Waals surface area contributed by atoms with E-state index in [1.807, 2.05) is 60.7 Å². The lowest BCUT2D eigenvalue weighted by Crippen LogP contribution is -2.27. The Balaban J connectivity index is 1.18. The molecule has 0 atom stereocenters. The van der Waals surface area contributed by atoms with Crippen molar-refractivity contribution in [2.45, 2.75) is 19.3 Å². The third-order valence-electron chi connectivity index (χ3n) is 11.2. The fourth-order valence-electron chi connectivity index (χ4n) is 8.63. The van der Waals surface area contributed by atoms with E-state index in [9.17, 15) is 0 Å². The molecule has 0 saturated heterocycles. The number of rotatable bonds is 6. The van der Waals surface area contributed by atoms with E-state index in [4.69, 9.17) is 15.0 Å². The van der Waals surface area contributed by atoms with E-state index >= 15 is 0 Å². The maximum atomic E-state index is 5.09. The Morgan fingerprint density at radius 2 is 0.862 bits per heavy atom. The Labute approximate surface area is 344 Å². The number of aromatic nitrogens is 5. The number of fused-ring (bicyclic) bond motifs is 6. The highest BCUT2D eigenvalue weighted by Gasteiger charge is 2.19. The smallest absolute Gasteiger partial charge is 0.164 e. The molecule has 11 rings (SSSR count). The van der Waals surface area contributed by atoms with Crippen molar-refractivity contribution >= 4 is 60.8 Å². The zero-order valence-electron chi connectivity index (χ0n) is 31.6. The zero-order chi connectivity index (χ0) is 38.6. The van der Waals surface area contributed by atoms with Crippen LogP contribution in [0.1, 0.15) is 19.3 Å². The molecule has 0 unspecified atom stereocenters. The summed E-state index contributed by atoms with van der Waals surface area (Å²) in [5.74, 6) is 1.88. The molecule has 10 aromatic rings. The summed E-state index contributed by atoms with van der Waals surface area (Å²) in [6.45, 7) is 0. The molecular formula is C52H36BrN5. The lowest BCUT2D eigenvalue weighted by molar-refractivity contribution is 0.921. The summed E-state index contributed by atoms with van der Waals surface area (Å²) in [7, 11) is 0. The van der Waals surface area contributed by atoms with Crippen LogP contribution in [0.15, 0.2) is 174 Å². The van der Waals surface area contributed by atoms with E-state index in [0.29, 0.717) is 17.5 Å². The number of nitrogens with zero attached hydrogens (tertiary/aromatic N) is 5. The summed E-state index contributed by atoms with van der Waals surface area (Å²) in [5.41, 5.74) is 10.7. The molecule has 0 saturated carbocycles. The molecule has 0 bridgehead atoms. The minimum Gasteiger partial charge on any atom is -0.309 e. The molecule has 58 heavy (non-hydrogen) atoms. The molecule has 276 valence electrons. The van der Waals surface area contributed by atoms with Crippen LogP contribution < -0.4 is 10.6 Å². The Kier molecular flexibility index (Phi) is 8.44. The van der Waals surface area contributed by atoms with Crippen LogP contribution in [0.25, 0.3) is 102 Å². The van der Waals surface area contributed by atoms with E-state index in [1.54, 1.807) is 0 Å². The summed E-state index contributed by atoms with van der Waals surface area (Å²) in [5, 5.41) is 6.32. The highest BCUT2D eigenvalue weighted by atomic mass is 79.9. The second-order valence-corrected chi connectivity index (χ2v) is 15.8. The molecule has 3 aromatic heterocycles. The van der Waals surface area contributed by atoms with Crippen LogP contribution in [-0.2, 0) is 0 Å². The van der Waals surface area contributed by atoms with Gasteiger partial charge in [0.1, 0.15) is 0 Å². The number of benzene rings is 7. The van der Waals surface area contributed by atoms with Crippen LogP contribution in [0.3, 0.4) is 0 Å². The largest absolute Gasteiger partial charge is 0.309 e. The molecule has 0 fully saturated rings. The van der Waals surface area contributed by atoms with Gasteiger partial charge >= 0.3 is 0 Å². The van der Waals surface area contributed by atoms with Gasteiger partial charge in [-0.15, -0.1) is 0 Å². The minimum atomic E-state index is 0.612. The van der Waals surface area contributed by atoms with Gasteiger partial charge in [-0.3, -0.25) is 0 Å². The molecule has 0 aliphatic heterocycles. The summed E-state index contributed by atoms with van der Waals surface area (Å²) >= 11 is 3.91. The van der Waals surface area contributed by atoms with Crippen molar-refractivity contribution in [3.63, 3.8) is 0 Å². The van der Waals surface area contributed by atoms with Crippen LogP contribution in [0.4, 0.5) is 0 Å². The van der Waals surface area contributed by atoms with Crippen LogP contribution >= 0.6 is 15.9 Å². The molecule has 5 nitrogen and oxygen atoms in total. The fraction of sp³-hybridized carbons (Fsp3) is 0.0577. The van der Waals surface area contributed by atoms with Gasteiger partial charge in [-0.25, -0.2) is 15.0 Å². The van der Waals surface area contributed by atoms with E-state index < -0.39 is 0 Å². The Morgan fingerprint density at radius 1 is 0.397 bits per heavy atom. The molecule has 6 heteroatoms. The first-order chi connectivity index (χ1) is 28.7. The van der Waals surface area contributed by atoms with Gasteiger partial charge in [0.25, 0.3) is 0 Å². The van der Waals surface area contributed by atoms with Gasteiger partial charge in [0.05, 0.1) is 16.6 Å². The topological polar surface area (TPSA) is 48.5 Å². The maximum absolute atomic E-state index is 5.09. The summed E-state index contributed by atoms with van der Waals surface area (Å²) in [6.07, 6.45) is 8.11. The first-order valence-electron chi connectivity index (χ1n) is 19.8. The van der Waals surface area contributed by atoms with Crippen molar-refractivity contribution < 1.29 is 0 Å². The number of hydrogen-bond acceptors (Lipinski definition) is 3. The predicted octanol–water partition coefficient (Wildman–Crippen LogP) is 12.1. The molecule has 1 aliphatic carbocycles. The summed E-state index contributed by atoms with van der Waals surface area (Å²) in [4.78, 5) is 15.1. The predicted molar refractivity (Wildman–Crippen MR) is 242 cm³/mol. The average Bonchev–Trinajstić information content (AvgIpc) is 3.67. The Morgan fingerprint density at radius 3 is 1.48 bits per heavy atom. The molecule has 0 spiro atoms. The van der Waals surface area contributed by atoms with Crippen molar-refractivity contribution in [2.24, 2.45) is 0 Å². The van der Waals surface area contributed by atoms with Crippen LogP contribution in [-0.4, -0.2) is 24.1 Å².